The standard InChI is InChI=1S/C15H22O4/c1-11(9-14(16)12(2)15(17)18-3)19-10-13-7-5-4-6-8-13/h4-8,11-12,14,16H,9-10H2,1-3H3/t11-,12+,14-/m1/s1. The SMILES string of the molecule is COC(=O)[C@@H](C)[C@H](O)C[C@@H](C)OCc1ccccc1. The van der Waals surface area contributed by atoms with Gasteiger partial charge in [0.1, 0.15) is 0 Å². The average Bonchev–Trinajstić information content (AvgIpc) is 2.44. The van der Waals surface area contributed by atoms with E-state index in [1.165, 1.54) is 7.11 Å². The molecule has 0 amide bonds. The van der Waals surface area contributed by atoms with Crippen LogP contribution in [0, 0.1) is 5.92 Å². The van der Waals surface area contributed by atoms with Crippen molar-refractivity contribution in [3.63, 3.8) is 0 Å². The first-order valence-corrected chi connectivity index (χ1v) is 6.46. The van der Waals surface area contributed by atoms with Crippen LogP contribution in [0.5, 0.6) is 0 Å². The molecule has 4 heteroatoms. The van der Waals surface area contributed by atoms with Crippen molar-refractivity contribution in [2.75, 3.05) is 7.11 Å². The molecular formula is C15H22O4. The van der Waals surface area contributed by atoms with Crippen LogP contribution in [-0.2, 0) is 20.9 Å². The quantitative estimate of drug-likeness (QED) is 0.768. The second kappa shape index (κ2) is 7.92. The minimum atomic E-state index is -0.752. The molecule has 1 rings (SSSR count). The summed E-state index contributed by atoms with van der Waals surface area (Å²) in [7, 11) is 1.32. The zero-order valence-corrected chi connectivity index (χ0v) is 11.7. The van der Waals surface area contributed by atoms with Gasteiger partial charge in [-0.2, -0.15) is 0 Å². The largest absolute Gasteiger partial charge is 0.469 e. The van der Waals surface area contributed by atoms with Crippen molar-refractivity contribution < 1.29 is 19.4 Å². The van der Waals surface area contributed by atoms with Gasteiger partial charge in [0.2, 0.25) is 0 Å². The number of carbonyl (C=O) groups excluding carboxylic acids is 1. The van der Waals surface area contributed by atoms with Crippen molar-refractivity contribution in [3.05, 3.63) is 35.9 Å². The van der Waals surface area contributed by atoms with Gasteiger partial charge in [0.05, 0.1) is 31.8 Å². The third-order valence-corrected chi connectivity index (χ3v) is 3.10. The molecule has 0 aliphatic heterocycles. The van der Waals surface area contributed by atoms with Crippen LogP contribution in [0.25, 0.3) is 0 Å². The number of ether oxygens (including phenoxy) is 2. The van der Waals surface area contributed by atoms with Crippen LogP contribution in [0.15, 0.2) is 30.3 Å². The molecule has 106 valence electrons. The molecule has 0 aromatic heterocycles. The number of carbonyl (C=O) groups is 1. The fraction of sp³-hybridized carbons (Fsp3) is 0.533. The highest BCUT2D eigenvalue weighted by atomic mass is 16.5. The fourth-order valence-corrected chi connectivity index (χ4v) is 1.77. The Hall–Kier alpha value is -1.39. The van der Waals surface area contributed by atoms with Crippen molar-refractivity contribution in [1.82, 2.24) is 0 Å². The molecule has 0 heterocycles. The second-order valence-corrected chi connectivity index (χ2v) is 4.72. The Morgan fingerprint density at radius 3 is 2.47 bits per heavy atom. The summed E-state index contributed by atoms with van der Waals surface area (Å²) in [5.74, 6) is -0.935. The van der Waals surface area contributed by atoms with Crippen LogP contribution in [0.4, 0.5) is 0 Å². The topological polar surface area (TPSA) is 55.8 Å². The number of hydrogen-bond acceptors (Lipinski definition) is 4. The third-order valence-electron chi connectivity index (χ3n) is 3.10. The molecule has 1 N–H and O–H groups in total. The van der Waals surface area contributed by atoms with Crippen LogP contribution in [0.1, 0.15) is 25.8 Å². The molecule has 4 nitrogen and oxygen atoms in total. The van der Waals surface area contributed by atoms with Crippen molar-refractivity contribution in [2.45, 2.75) is 39.1 Å². The van der Waals surface area contributed by atoms with E-state index in [1.54, 1.807) is 6.92 Å². The maximum Gasteiger partial charge on any atom is 0.311 e. The van der Waals surface area contributed by atoms with Crippen LogP contribution < -0.4 is 0 Å². The van der Waals surface area contributed by atoms with Gasteiger partial charge in [0.15, 0.2) is 0 Å². The minimum Gasteiger partial charge on any atom is -0.469 e. The van der Waals surface area contributed by atoms with Crippen LogP contribution >= 0.6 is 0 Å². The van der Waals surface area contributed by atoms with Gasteiger partial charge < -0.3 is 14.6 Å². The summed E-state index contributed by atoms with van der Waals surface area (Å²) < 4.78 is 10.3. The number of esters is 1. The normalized spacial score (nSPS) is 15.6. The van der Waals surface area contributed by atoms with Gasteiger partial charge >= 0.3 is 5.97 Å². The molecule has 0 spiro atoms. The molecule has 1 aromatic carbocycles. The molecule has 0 aliphatic carbocycles. The minimum absolute atomic E-state index is 0.123. The average molecular weight is 266 g/mol. The first-order valence-electron chi connectivity index (χ1n) is 6.46. The monoisotopic (exact) mass is 266 g/mol. The Balaban J connectivity index is 2.34. The zero-order valence-electron chi connectivity index (χ0n) is 11.7. The summed E-state index contributed by atoms with van der Waals surface area (Å²) in [6, 6.07) is 9.84. The van der Waals surface area contributed by atoms with Crippen molar-refractivity contribution in [3.8, 4) is 0 Å². The number of methoxy groups -OCH3 is 1. The molecule has 19 heavy (non-hydrogen) atoms. The van der Waals surface area contributed by atoms with Gasteiger partial charge in [-0.25, -0.2) is 0 Å². The van der Waals surface area contributed by atoms with E-state index in [0.29, 0.717) is 13.0 Å². The summed E-state index contributed by atoms with van der Waals surface area (Å²) in [4.78, 5) is 11.3. The lowest BCUT2D eigenvalue weighted by Crippen LogP contribution is -2.30. The van der Waals surface area contributed by atoms with Crippen LogP contribution in [0.2, 0.25) is 0 Å². The third kappa shape index (κ3) is 5.41. The number of aliphatic hydroxyl groups excluding tert-OH is 1. The van der Waals surface area contributed by atoms with Gasteiger partial charge in [-0.1, -0.05) is 30.3 Å². The number of aliphatic hydroxyl groups is 1. The van der Waals surface area contributed by atoms with Gasteiger partial charge in [-0.3, -0.25) is 4.79 Å². The Bertz CT molecular complexity index is 377. The van der Waals surface area contributed by atoms with Crippen molar-refractivity contribution in [1.29, 1.82) is 0 Å². The van der Waals surface area contributed by atoms with E-state index in [-0.39, 0.29) is 6.10 Å². The maximum atomic E-state index is 11.3. The van der Waals surface area contributed by atoms with Crippen molar-refractivity contribution >= 4 is 5.97 Å². The lowest BCUT2D eigenvalue weighted by Gasteiger charge is -2.20. The lowest BCUT2D eigenvalue weighted by atomic mass is 10.00. The second-order valence-electron chi connectivity index (χ2n) is 4.72. The summed E-state index contributed by atoms with van der Waals surface area (Å²) in [5.41, 5.74) is 1.09. The molecule has 0 radical (unpaired) electrons. The molecular weight excluding hydrogens is 244 g/mol. The van der Waals surface area contributed by atoms with E-state index >= 15 is 0 Å². The number of benzene rings is 1. The highest BCUT2D eigenvalue weighted by molar-refractivity contribution is 5.72. The lowest BCUT2D eigenvalue weighted by molar-refractivity contribution is -0.149. The van der Waals surface area contributed by atoms with E-state index in [4.69, 9.17) is 4.74 Å². The van der Waals surface area contributed by atoms with E-state index in [0.717, 1.165) is 5.56 Å². The molecule has 0 fully saturated rings. The first-order chi connectivity index (χ1) is 9.04. The predicted octanol–water partition coefficient (Wildman–Crippen LogP) is 2.15. The Labute approximate surface area is 114 Å². The summed E-state index contributed by atoms with van der Waals surface area (Å²) >= 11 is 0. The fourth-order valence-electron chi connectivity index (χ4n) is 1.77. The molecule has 0 bridgehead atoms. The summed E-state index contributed by atoms with van der Waals surface area (Å²) in [5, 5.41) is 9.91. The molecule has 1 aromatic rings. The predicted molar refractivity (Wildman–Crippen MR) is 72.5 cm³/mol. The van der Waals surface area contributed by atoms with Crippen molar-refractivity contribution in [2.24, 2.45) is 5.92 Å². The molecule has 0 aliphatic rings. The smallest absolute Gasteiger partial charge is 0.311 e. The number of hydrogen-bond donors (Lipinski definition) is 1. The van der Waals surface area contributed by atoms with Gasteiger partial charge in [-0.15, -0.1) is 0 Å². The van der Waals surface area contributed by atoms with Gasteiger partial charge in [0, 0.05) is 6.42 Å². The first kappa shape index (κ1) is 15.7. The Morgan fingerprint density at radius 2 is 1.89 bits per heavy atom. The van der Waals surface area contributed by atoms with E-state index in [1.807, 2.05) is 37.3 Å². The van der Waals surface area contributed by atoms with Crippen LogP contribution in [0.3, 0.4) is 0 Å². The highest BCUT2D eigenvalue weighted by Crippen LogP contribution is 2.14. The highest BCUT2D eigenvalue weighted by Gasteiger charge is 2.24. The molecule has 0 saturated carbocycles. The summed E-state index contributed by atoms with van der Waals surface area (Å²) in [6.45, 7) is 4.04. The van der Waals surface area contributed by atoms with E-state index in [9.17, 15) is 9.90 Å². The van der Waals surface area contributed by atoms with Gasteiger partial charge in [-0.05, 0) is 19.4 Å². The van der Waals surface area contributed by atoms with Crippen LogP contribution in [-0.4, -0.2) is 30.4 Å². The summed E-state index contributed by atoms with van der Waals surface area (Å²) in [6.07, 6.45) is -0.469. The number of rotatable bonds is 7. The zero-order chi connectivity index (χ0) is 14.3. The molecule has 3 atom stereocenters. The Morgan fingerprint density at radius 1 is 1.26 bits per heavy atom. The Kier molecular flexibility index (Phi) is 6.53. The van der Waals surface area contributed by atoms with Gasteiger partial charge in [0.25, 0.3) is 0 Å². The molecule has 0 saturated heterocycles. The molecule has 0 unspecified atom stereocenters. The maximum absolute atomic E-state index is 11.3. The van der Waals surface area contributed by atoms with E-state index < -0.39 is 18.0 Å². The van der Waals surface area contributed by atoms with E-state index in [2.05, 4.69) is 4.74 Å².